The van der Waals surface area contributed by atoms with E-state index in [1.807, 2.05) is 6.26 Å². The molecule has 6 heteroatoms. The van der Waals surface area contributed by atoms with E-state index in [0.29, 0.717) is 12.5 Å². The van der Waals surface area contributed by atoms with Crippen molar-refractivity contribution in [3.63, 3.8) is 0 Å². The Balaban J connectivity index is 2.45. The van der Waals surface area contributed by atoms with E-state index >= 15 is 0 Å². The third kappa shape index (κ3) is 4.83. The van der Waals surface area contributed by atoms with Crippen molar-refractivity contribution in [2.45, 2.75) is 6.54 Å². The highest BCUT2D eigenvalue weighted by Crippen LogP contribution is 2.15. The Morgan fingerprint density at radius 1 is 1.44 bits per heavy atom. The molecule has 1 aromatic carbocycles. The number of aliphatic imine (C=N–C) groups is 1. The summed E-state index contributed by atoms with van der Waals surface area (Å²) in [5, 5.41) is 15.3. The van der Waals surface area contributed by atoms with Gasteiger partial charge in [-0.15, -0.1) is 0 Å². The highest BCUT2D eigenvalue weighted by molar-refractivity contribution is 7.98. The van der Waals surface area contributed by atoms with Gasteiger partial charge in [0.2, 0.25) is 0 Å². The first kappa shape index (κ1) is 14.6. The van der Waals surface area contributed by atoms with Gasteiger partial charge in [0.15, 0.2) is 17.5 Å². The van der Waals surface area contributed by atoms with E-state index in [1.54, 1.807) is 24.9 Å². The Bertz CT molecular complexity index is 412. The molecule has 0 aliphatic carbocycles. The molecule has 0 fully saturated rings. The van der Waals surface area contributed by atoms with Crippen molar-refractivity contribution in [1.82, 2.24) is 10.6 Å². The van der Waals surface area contributed by atoms with Crippen LogP contribution in [0.3, 0.4) is 0 Å². The van der Waals surface area contributed by atoms with Crippen LogP contribution in [0, 0.1) is 5.82 Å². The van der Waals surface area contributed by atoms with Crippen molar-refractivity contribution < 1.29 is 9.50 Å². The van der Waals surface area contributed by atoms with Crippen molar-refractivity contribution in [1.29, 1.82) is 0 Å². The van der Waals surface area contributed by atoms with Crippen molar-refractivity contribution in [2.75, 3.05) is 25.6 Å². The quantitative estimate of drug-likeness (QED) is 0.432. The van der Waals surface area contributed by atoms with Gasteiger partial charge in [-0.05, 0) is 24.0 Å². The number of thioether (sulfide) groups is 1. The number of benzene rings is 1. The molecule has 4 nitrogen and oxygen atoms in total. The topological polar surface area (TPSA) is 56.7 Å². The van der Waals surface area contributed by atoms with Gasteiger partial charge in [0, 0.05) is 25.9 Å². The third-order valence-corrected chi connectivity index (χ3v) is 2.91. The second-order valence-electron chi connectivity index (χ2n) is 3.63. The number of nitrogens with one attached hydrogen (secondary N) is 2. The molecule has 0 aliphatic heterocycles. The standard InChI is InChI=1S/C12H18FN3OS/c1-14-12(15-5-6-18-2)16-8-9-3-4-11(17)10(13)7-9/h3-4,7,17H,5-6,8H2,1-2H3,(H2,14,15,16). The van der Waals surface area contributed by atoms with Gasteiger partial charge in [-0.1, -0.05) is 6.07 Å². The second kappa shape index (κ2) is 7.81. The molecule has 1 rings (SSSR count). The maximum Gasteiger partial charge on any atom is 0.191 e. The number of guanidine groups is 1. The lowest BCUT2D eigenvalue weighted by Gasteiger charge is -2.11. The summed E-state index contributed by atoms with van der Waals surface area (Å²) in [6.45, 7) is 1.28. The minimum absolute atomic E-state index is 0.332. The molecule has 0 saturated carbocycles. The smallest absolute Gasteiger partial charge is 0.191 e. The molecule has 0 unspecified atom stereocenters. The number of hydrogen-bond acceptors (Lipinski definition) is 3. The van der Waals surface area contributed by atoms with Gasteiger partial charge in [0.25, 0.3) is 0 Å². The Hall–Kier alpha value is -1.43. The van der Waals surface area contributed by atoms with Crippen molar-refractivity contribution >= 4 is 17.7 Å². The summed E-state index contributed by atoms with van der Waals surface area (Å²) in [7, 11) is 1.69. The van der Waals surface area contributed by atoms with Gasteiger partial charge in [0.1, 0.15) is 0 Å². The Morgan fingerprint density at radius 2 is 2.22 bits per heavy atom. The minimum atomic E-state index is -0.611. The second-order valence-corrected chi connectivity index (χ2v) is 4.62. The van der Waals surface area contributed by atoms with Crippen molar-refractivity contribution in [3.8, 4) is 5.75 Å². The molecule has 0 spiro atoms. The van der Waals surface area contributed by atoms with E-state index in [1.165, 1.54) is 12.1 Å². The van der Waals surface area contributed by atoms with Crippen molar-refractivity contribution in [2.24, 2.45) is 4.99 Å². The lowest BCUT2D eigenvalue weighted by Crippen LogP contribution is -2.37. The van der Waals surface area contributed by atoms with Gasteiger partial charge in [-0.25, -0.2) is 4.39 Å². The minimum Gasteiger partial charge on any atom is -0.505 e. The van der Waals surface area contributed by atoms with Gasteiger partial charge < -0.3 is 15.7 Å². The molecule has 1 aromatic rings. The highest BCUT2D eigenvalue weighted by Gasteiger charge is 2.02. The van der Waals surface area contributed by atoms with Crippen molar-refractivity contribution in [3.05, 3.63) is 29.6 Å². The summed E-state index contributed by atoms with van der Waals surface area (Å²) in [6.07, 6.45) is 2.04. The zero-order valence-electron chi connectivity index (χ0n) is 10.5. The zero-order chi connectivity index (χ0) is 13.4. The predicted octanol–water partition coefficient (Wildman–Crippen LogP) is 1.56. The van der Waals surface area contributed by atoms with Crippen LogP contribution in [0.2, 0.25) is 0 Å². The number of phenolic OH excluding ortho intramolecular Hbond substituents is 1. The molecule has 18 heavy (non-hydrogen) atoms. The molecule has 3 N–H and O–H groups in total. The fraction of sp³-hybridized carbons (Fsp3) is 0.417. The number of nitrogens with zero attached hydrogens (tertiary/aromatic N) is 1. The Morgan fingerprint density at radius 3 is 2.83 bits per heavy atom. The summed E-state index contributed by atoms with van der Waals surface area (Å²) in [5.74, 6) is 0.729. The van der Waals surface area contributed by atoms with Gasteiger partial charge in [-0.3, -0.25) is 4.99 Å². The summed E-state index contributed by atoms with van der Waals surface area (Å²) in [6, 6.07) is 4.31. The molecule has 0 heterocycles. The molecule has 0 radical (unpaired) electrons. The Kier molecular flexibility index (Phi) is 6.35. The third-order valence-electron chi connectivity index (χ3n) is 2.29. The molecule has 0 atom stereocenters. The molecule has 0 bridgehead atoms. The normalized spacial score (nSPS) is 11.4. The lowest BCUT2D eigenvalue weighted by molar-refractivity contribution is 0.431. The van der Waals surface area contributed by atoms with Crippen LogP contribution in [0.5, 0.6) is 5.75 Å². The first-order valence-corrected chi connectivity index (χ1v) is 6.97. The number of hydrogen-bond donors (Lipinski definition) is 3. The van der Waals surface area contributed by atoms with Crippen LogP contribution < -0.4 is 10.6 Å². The maximum absolute atomic E-state index is 13.1. The zero-order valence-corrected chi connectivity index (χ0v) is 11.4. The first-order valence-electron chi connectivity index (χ1n) is 5.58. The maximum atomic E-state index is 13.1. The summed E-state index contributed by atoms with van der Waals surface area (Å²) in [4.78, 5) is 4.06. The molecular formula is C12H18FN3OS. The number of halogens is 1. The molecule has 0 aliphatic rings. The van der Waals surface area contributed by atoms with Crippen LogP contribution in [-0.2, 0) is 6.54 Å². The monoisotopic (exact) mass is 271 g/mol. The van der Waals surface area contributed by atoms with E-state index in [-0.39, 0.29) is 5.75 Å². The fourth-order valence-electron chi connectivity index (χ4n) is 1.34. The fourth-order valence-corrected chi connectivity index (χ4v) is 1.64. The molecule has 0 aromatic heterocycles. The number of aromatic hydroxyl groups is 1. The van der Waals surface area contributed by atoms with E-state index in [9.17, 15) is 4.39 Å². The molecule has 100 valence electrons. The summed E-state index contributed by atoms with van der Waals surface area (Å²) in [5.41, 5.74) is 0.748. The predicted molar refractivity (Wildman–Crippen MR) is 74.6 cm³/mol. The van der Waals surface area contributed by atoms with Crippen LogP contribution in [0.25, 0.3) is 0 Å². The van der Waals surface area contributed by atoms with Gasteiger partial charge >= 0.3 is 0 Å². The average molecular weight is 271 g/mol. The molecule has 0 saturated heterocycles. The number of phenols is 1. The molecule has 0 amide bonds. The van der Waals surface area contributed by atoms with Crippen LogP contribution in [0.4, 0.5) is 4.39 Å². The van der Waals surface area contributed by atoms with Gasteiger partial charge in [0.05, 0.1) is 0 Å². The Labute approximate surface area is 111 Å². The van der Waals surface area contributed by atoms with E-state index in [4.69, 9.17) is 5.11 Å². The van der Waals surface area contributed by atoms with E-state index in [0.717, 1.165) is 17.9 Å². The SMILES string of the molecule is CN=C(NCCSC)NCc1ccc(O)c(F)c1. The molecular weight excluding hydrogens is 253 g/mol. The van der Waals surface area contributed by atoms with E-state index < -0.39 is 5.82 Å². The van der Waals surface area contributed by atoms with Crippen LogP contribution >= 0.6 is 11.8 Å². The average Bonchev–Trinajstić information content (AvgIpc) is 2.37. The lowest BCUT2D eigenvalue weighted by atomic mass is 10.2. The van der Waals surface area contributed by atoms with Gasteiger partial charge in [-0.2, -0.15) is 11.8 Å². The highest BCUT2D eigenvalue weighted by atomic mass is 32.2. The van der Waals surface area contributed by atoms with E-state index in [2.05, 4.69) is 15.6 Å². The van der Waals surface area contributed by atoms with Crippen LogP contribution in [0.1, 0.15) is 5.56 Å². The summed E-state index contributed by atoms with van der Waals surface area (Å²) < 4.78 is 13.1. The number of rotatable bonds is 5. The summed E-state index contributed by atoms with van der Waals surface area (Å²) >= 11 is 1.75. The first-order chi connectivity index (χ1) is 8.67. The van der Waals surface area contributed by atoms with Crippen LogP contribution in [0.15, 0.2) is 23.2 Å². The largest absolute Gasteiger partial charge is 0.505 e. The van der Waals surface area contributed by atoms with Crippen LogP contribution in [-0.4, -0.2) is 36.7 Å².